The van der Waals surface area contributed by atoms with E-state index in [9.17, 15) is 5.26 Å². The SMILES string of the molecule is C[C@@H]1CCc2nc(Cl)c(C#N)c(-c3ccccc3Cl)c2C1. The summed E-state index contributed by atoms with van der Waals surface area (Å²) in [6.07, 6.45) is 2.91. The van der Waals surface area contributed by atoms with Gasteiger partial charge in [-0.15, -0.1) is 0 Å². The van der Waals surface area contributed by atoms with Crippen molar-refractivity contribution >= 4 is 23.2 Å². The Labute approximate surface area is 134 Å². The fraction of sp³-hybridized carbons (Fsp3) is 0.294. The number of pyridine rings is 1. The van der Waals surface area contributed by atoms with Gasteiger partial charge in [0.05, 0.1) is 5.56 Å². The van der Waals surface area contributed by atoms with Gasteiger partial charge in [-0.2, -0.15) is 5.26 Å². The Kier molecular flexibility index (Phi) is 3.89. The van der Waals surface area contributed by atoms with Gasteiger partial charge in [-0.25, -0.2) is 4.98 Å². The number of nitrogens with zero attached hydrogens (tertiary/aromatic N) is 2. The summed E-state index contributed by atoms with van der Waals surface area (Å²) >= 11 is 12.6. The minimum atomic E-state index is 0.278. The van der Waals surface area contributed by atoms with Gasteiger partial charge < -0.3 is 0 Å². The summed E-state index contributed by atoms with van der Waals surface area (Å²) in [6.45, 7) is 2.22. The molecule has 1 aliphatic carbocycles. The molecule has 21 heavy (non-hydrogen) atoms. The van der Waals surface area contributed by atoms with Crippen LogP contribution in [0.3, 0.4) is 0 Å². The first kappa shape index (κ1) is 14.4. The molecule has 1 aliphatic rings. The zero-order valence-electron chi connectivity index (χ0n) is 11.7. The number of hydrogen-bond acceptors (Lipinski definition) is 2. The lowest BCUT2D eigenvalue weighted by atomic mass is 9.82. The summed E-state index contributed by atoms with van der Waals surface area (Å²) in [4.78, 5) is 4.43. The minimum absolute atomic E-state index is 0.278. The highest BCUT2D eigenvalue weighted by Crippen LogP contribution is 2.40. The third-order valence-electron chi connectivity index (χ3n) is 4.02. The smallest absolute Gasteiger partial charge is 0.147 e. The minimum Gasteiger partial charge on any atom is -0.239 e. The van der Waals surface area contributed by atoms with Crippen LogP contribution in [-0.2, 0) is 12.8 Å². The summed E-state index contributed by atoms with van der Waals surface area (Å²) in [5, 5.41) is 10.4. The second-order valence-electron chi connectivity index (χ2n) is 5.52. The van der Waals surface area contributed by atoms with Gasteiger partial charge in [0.25, 0.3) is 0 Å². The van der Waals surface area contributed by atoms with E-state index in [1.807, 2.05) is 24.3 Å². The first-order valence-electron chi connectivity index (χ1n) is 6.98. The van der Waals surface area contributed by atoms with Gasteiger partial charge in [-0.3, -0.25) is 0 Å². The first-order valence-corrected chi connectivity index (χ1v) is 7.73. The third-order valence-corrected chi connectivity index (χ3v) is 4.62. The van der Waals surface area contributed by atoms with Crippen molar-refractivity contribution in [2.45, 2.75) is 26.2 Å². The lowest BCUT2D eigenvalue weighted by Gasteiger charge is -2.25. The molecule has 0 unspecified atom stereocenters. The summed E-state index contributed by atoms with van der Waals surface area (Å²) in [6, 6.07) is 9.79. The van der Waals surface area contributed by atoms with Crippen LogP contribution in [0.15, 0.2) is 24.3 Å². The average molecular weight is 317 g/mol. The monoisotopic (exact) mass is 316 g/mol. The molecule has 0 fully saturated rings. The molecule has 0 spiro atoms. The maximum Gasteiger partial charge on any atom is 0.147 e. The quantitative estimate of drug-likeness (QED) is 0.690. The van der Waals surface area contributed by atoms with E-state index < -0.39 is 0 Å². The van der Waals surface area contributed by atoms with Crippen molar-refractivity contribution < 1.29 is 0 Å². The molecule has 1 aromatic heterocycles. The number of hydrogen-bond donors (Lipinski definition) is 0. The van der Waals surface area contributed by atoms with Crippen molar-refractivity contribution in [3.63, 3.8) is 0 Å². The van der Waals surface area contributed by atoms with Gasteiger partial charge in [0.2, 0.25) is 0 Å². The molecule has 2 aromatic rings. The molecule has 0 N–H and O–H groups in total. The number of halogens is 2. The normalized spacial score (nSPS) is 17.1. The van der Waals surface area contributed by atoms with Gasteiger partial charge >= 0.3 is 0 Å². The largest absolute Gasteiger partial charge is 0.239 e. The Bertz CT molecular complexity index is 747. The molecule has 1 heterocycles. The molecule has 1 atom stereocenters. The van der Waals surface area contributed by atoms with Crippen LogP contribution in [0.25, 0.3) is 11.1 Å². The number of nitriles is 1. The number of benzene rings is 1. The Hall–Kier alpha value is -1.56. The number of aryl methyl sites for hydroxylation is 1. The van der Waals surface area contributed by atoms with Gasteiger partial charge in [0.1, 0.15) is 11.2 Å². The molecule has 2 nitrogen and oxygen atoms in total. The Balaban J connectivity index is 2.35. The maximum atomic E-state index is 9.50. The molecule has 0 aliphatic heterocycles. The van der Waals surface area contributed by atoms with Crippen LogP contribution in [0.2, 0.25) is 10.2 Å². The number of fused-ring (bicyclic) bond motifs is 1. The van der Waals surface area contributed by atoms with E-state index in [1.165, 1.54) is 0 Å². The summed E-state index contributed by atoms with van der Waals surface area (Å²) in [7, 11) is 0. The maximum absolute atomic E-state index is 9.50. The van der Waals surface area contributed by atoms with Crippen molar-refractivity contribution in [1.82, 2.24) is 4.98 Å². The van der Waals surface area contributed by atoms with Crippen molar-refractivity contribution in [2.75, 3.05) is 0 Å². The van der Waals surface area contributed by atoms with E-state index in [1.54, 1.807) is 0 Å². The molecule has 0 saturated heterocycles. The molecule has 0 bridgehead atoms. The fourth-order valence-corrected chi connectivity index (χ4v) is 3.43. The molecular formula is C17H14Cl2N2. The lowest BCUT2D eigenvalue weighted by Crippen LogP contribution is -2.15. The van der Waals surface area contributed by atoms with Crippen LogP contribution >= 0.6 is 23.2 Å². The Morgan fingerprint density at radius 1 is 1.29 bits per heavy atom. The van der Waals surface area contributed by atoms with Crippen LogP contribution in [0.5, 0.6) is 0 Å². The molecule has 0 amide bonds. The molecule has 3 rings (SSSR count). The van der Waals surface area contributed by atoms with Gasteiger partial charge in [0, 0.05) is 21.8 Å². The average Bonchev–Trinajstić information content (AvgIpc) is 2.47. The van der Waals surface area contributed by atoms with Crippen molar-refractivity contribution in [3.05, 3.63) is 51.3 Å². The molecule has 1 aromatic carbocycles. The first-order chi connectivity index (χ1) is 10.1. The van der Waals surface area contributed by atoms with Gasteiger partial charge in [-0.05, 0) is 36.8 Å². The fourth-order valence-electron chi connectivity index (χ4n) is 2.96. The van der Waals surface area contributed by atoms with Crippen LogP contribution in [0.4, 0.5) is 0 Å². The Morgan fingerprint density at radius 3 is 2.76 bits per heavy atom. The molecule has 0 radical (unpaired) electrons. The third kappa shape index (κ3) is 2.52. The second-order valence-corrected chi connectivity index (χ2v) is 6.28. The summed E-state index contributed by atoms with van der Waals surface area (Å²) in [5.41, 5.74) is 4.29. The number of rotatable bonds is 1. The van der Waals surface area contributed by atoms with Crippen LogP contribution in [-0.4, -0.2) is 4.98 Å². The predicted octanol–water partition coefficient (Wildman–Crippen LogP) is 5.05. The Morgan fingerprint density at radius 2 is 2.05 bits per heavy atom. The van der Waals surface area contributed by atoms with Crippen molar-refractivity contribution in [3.8, 4) is 17.2 Å². The van der Waals surface area contributed by atoms with Gasteiger partial charge in [-0.1, -0.05) is 48.3 Å². The summed E-state index contributed by atoms with van der Waals surface area (Å²) in [5.74, 6) is 0.577. The van der Waals surface area contributed by atoms with Crippen LogP contribution < -0.4 is 0 Å². The van der Waals surface area contributed by atoms with Gasteiger partial charge in [0.15, 0.2) is 0 Å². The molecule has 106 valence electrons. The number of aromatic nitrogens is 1. The van der Waals surface area contributed by atoms with E-state index in [0.29, 0.717) is 16.5 Å². The van der Waals surface area contributed by atoms with E-state index in [-0.39, 0.29) is 5.15 Å². The lowest BCUT2D eigenvalue weighted by molar-refractivity contribution is 0.495. The standard InChI is InChI=1S/C17H14Cl2N2/c1-10-6-7-15-12(8-10)16(13(9-20)17(19)21-15)11-4-2-3-5-14(11)18/h2-5,10H,6-8H2,1H3/t10-/m1/s1. The highest BCUT2D eigenvalue weighted by Gasteiger charge is 2.25. The molecule has 0 saturated carbocycles. The van der Waals surface area contributed by atoms with Crippen molar-refractivity contribution in [2.24, 2.45) is 5.92 Å². The van der Waals surface area contributed by atoms with E-state index >= 15 is 0 Å². The topological polar surface area (TPSA) is 36.7 Å². The molecular weight excluding hydrogens is 303 g/mol. The highest BCUT2D eigenvalue weighted by molar-refractivity contribution is 6.34. The van der Waals surface area contributed by atoms with E-state index in [4.69, 9.17) is 23.2 Å². The zero-order chi connectivity index (χ0) is 15.0. The van der Waals surface area contributed by atoms with Crippen molar-refractivity contribution in [1.29, 1.82) is 5.26 Å². The van der Waals surface area contributed by atoms with Crippen LogP contribution in [0.1, 0.15) is 30.2 Å². The molecule has 4 heteroatoms. The van der Waals surface area contributed by atoms with E-state index in [0.717, 1.165) is 41.6 Å². The highest BCUT2D eigenvalue weighted by atomic mass is 35.5. The predicted molar refractivity (Wildman–Crippen MR) is 85.6 cm³/mol. The van der Waals surface area contributed by atoms with E-state index in [2.05, 4.69) is 18.0 Å². The van der Waals surface area contributed by atoms with Crippen LogP contribution in [0, 0.1) is 17.2 Å². The zero-order valence-corrected chi connectivity index (χ0v) is 13.2. The summed E-state index contributed by atoms with van der Waals surface area (Å²) < 4.78 is 0. The second kappa shape index (κ2) is 5.67.